The lowest BCUT2D eigenvalue weighted by molar-refractivity contribution is 0.408. The molecule has 0 amide bonds. The Morgan fingerprint density at radius 3 is 3.06 bits per heavy atom. The van der Waals surface area contributed by atoms with Crippen LogP contribution in [0.15, 0.2) is 35.2 Å². The standard InChI is InChI=1S/C12H15N3O2/c1-9(10-3-2-4-11(16)7-10)13-6-5-12-14-8-17-15-12/h2-4,7-9,13,16H,5-6H2,1H3. The van der Waals surface area contributed by atoms with Crippen LogP contribution in [-0.4, -0.2) is 21.8 Å². The summed E-state index contributed by atoms with van der Waals surface area (Å²) in [7, 11) is 0. The summed E-state index contributed by atoms with van der Waals surface area (Å²) in [5.41, 5.74) is 1.05. The Kier molecular flexibility index (Phi) is 3.72. The van der Waals surface area contributed by atoms with Crippen molar-refractivity contribution in [3.8, 4) is 5.75 Å². The third-order valence-electron chi connectivity index (χ3n) is 2.58. The first-order valence-electron chi connectivity index (χ1n) is 5.53. The molecular weight excluding hydrogens is 218 g/mol. The van der Waals surface area contributed by atoms with E-state index in [0.29, 0.717) is 5.82 Å². The van der Waals surface area contributed by atoms with Gasteiger partial charge in [0.1, 0.15) is 5.75 Å². The Morgan fingerprint density at radius 2 is 2.35 bits per heavy atom. The van der Waals surface area contributed by atoms with E-state index in [2.05, 4.69) is 20.0 Å². The highest BCUT2D eigenvalue weighted by Crippen LogP contribution is 2.17. The summed E-state index contributed by atoms with van der Waals surface area (Å²) >= 11 is 0. The molecule has 0 aliphatic carbocycles. The van der Waals surface area contributed by atoms with Gasteiger partial charge in [-0.15, -0.1) is 0 Å². The fourth-order valence-corrected chi connectivity index (χ4v) is 1.62. The maximum Gasteiger partial charge on any atom is 0.213 e. The van der Waals surface area contributed by atoms with Crippen LogP contribution in [0.3, 0.4) is 0 Å². The van der Waals surface area contributed by atoms with Gasteiger partial charge in [0.15, 0.2) is 5.82 Å². The molecule has 0 saturated heterocycles. The smallest absolute Gasteiger partial charge is 0.213 e. The van der Waals surface area contributed by atoms with Crippen LogP contribution in [0.25, 0.3) is 0 Å². The van der Waals surface area contributed by atoms with E-state index in [-0.39, 0.29) is 11.8 Å². The summed E-state index contributed by atoms with van der Waals surface area (Å²) in [6.45, 7) is 2.81. The van der Waals surface area contributed by atoms with Gasteiger partial charge < -0.3 is 14.9 Å². The van der Waals surface area contributed by atoms with E-state index in [1.54, 1.807) is 12.1 Å². The first-order valence-corrected chi connectivity index (χ1v) is 5.53. The minimum absolute atomic E-state index is 0.175. The molecule has 5 nitrogen and oxygen atoms in total. The topological polar surface area (TPSA) is 71.2 Å². The maximum absolute atomic E-state index is 9.38. The van der Waals surface area contributed by atoms with Crippen molar-refractivity contribution in [3.63, 3.8) is 0 Å². The Balaban J connectivity index is 1.83. The molecule has 0 bridgehead atoms. The van der Waals surface area contributed by atoms with Crippen LogP contribution in [0.5, 0.6) is 5.75 Å². The molecule has 5 heteroatoms. The average Bonchev–Trinajstić information content (AvgIpc) is 2.82. The molecule has 2 aromatic rings. The van der Waals surface area contributed by atoms with Gasteiger partial charge in [-0.05, 0) is 24.6 Å². The van der Waals surface area contributed by atoms with Crippen molar-refractivity contribution >= 4 is 0 Å². The first kappa shape index (κ1) is 11.6. The molecule has 1 aromatic heterocycles. The van der Waals surface area contributed by atoms with Crippen LogP contribution >= 0.6 is 0 Å². The molecule has 0 aliphatic heterocycles. The molecule has 2 N–H and O–H groups in total. The van der Waals surface area contributed by atoms with Gasteiger partial charge in [-0.2, -0.15) is 4.98 Å². The van der Waals surface area contributed by atoms with E-state index in [1.807, 2.05) is 19.1 Å². The molecule has 0 radical (unpaired) electrons. The number of hydrogen-bond donors (Lipinski definition) is 2. The molecule has 1 heterocycles. The van der Waals surface area contributed by atoms with E-state index in [9.17, 15) is 5.11 Å². The zero-order valence-corrected chi connectivity index (χ0v) is 9.63. The third-order valence-corrected chi connectivity index (χ3v) is 2.58. The van der Waals surface area contributed by atoms with Crippen molar-refractivity contribution in [2.24, 2.45) is 0 Å². The lowest BCUT2D eigenvalue weighted by atomic mass is 10.1. The van der Waals surface area contributed by atoms with Crippen molar-refractivity contribution < 1.29 is 9.63 Å². The van der Waals surface area contributed by atoms with Crippen molar-refractivity contribution in [1.82, 2.24) is 15.5 Å². The summed E-state index contributed by atoms with van der Waals surface area (Å²) in [5, 5.41) is 16.4. The molecule has 90 valence electrons. The molecule has 2 rings (SSSR count). The molecule has 17 heavy (non-hydrogen) atoms. The molecule has 1 atom stereocenters. The number of rotatable bonds is 5. The summed E-state index contributed by atoms with van der Waals surface area (Å²) in [5.74, 6) is 0.981. The number of phenols is 1. The van der Waals surface area contributed by atoms with E-state index in [4.69, 9.17) is 0 Å². The van der Waals surface area contributed by atoms with Crippen LogP contribution in [0.1, 0.15) is 24.4 Å². The Morgan fingerprint density at radius 1 is 1.47 bits per heavy atom. The normalized spacial score (nSPS) is 12.5. The second-order valence-electron chi connectivity index (χ2n) is 3.87. The van der Waals surface area contributed by atoms with E-state index < -0.39 is 0 Å². The van der Waals surface area contributed by atoms with Crippen molar-refractivity contribution in [3.05, 3.63) is 42.0 Å². The lowest BCUT2D eigenvalue weighted by Crippen LogP contribution is -2.21. The number of phenolic OH excluding ortho intramolecular Hbond substituents is 1. The van der Waals surface area contributed by atoms with E-state index >= 15 is 0 Å². The lowest BCUT2D eigenvalue weighted by Gasteiger charge is -2.13. The number of hydrogen-bond acceptors (Lipinski definition) is 5. The van der Waals surface area contributed by atoms with Gasteiger partial charge in [-0.25, -0.2) is 0 Å². The van der Waals surface area contributed by atoms with Crippen LogP contribution in [0.4, 0.5) is 0 Å². The maximum atomic E-state index is 9.38. The van der Waals surface area contributed by atoms with Crippen molar-refractivity contribution in [1.29, 1.82) is 0 Å². The fourth-order valence-electron chi connectivity index (χ4n) is 1.62. The van der Waals surface area contributed by atoms with Gasteiger partial charge >= 0.3 is 0 Å². The number of nitrogens with zero attached hydrogens (tertiary/aromatic N) is 2. The van der Waals surface area contributed by atoms with Gasteiger partial charge in [-0.3, -0.25) is 0 Å². The molecule has 0 saturated carbocycles. The zero-order chi connectivity index (χ0) is 12.1. The van der Waals surface area contributed by atoms with Gasteiger partial charge in [0.05, 0.1) is 0 Å². The predicted molar refractivity (Wildman–Crippen MR) is 62.5 cm³/mol. The van der Waals surface area contributed by atoms with Crippen LogP contribution < -0.4 is 5.32 Å². The Hall–Kier alpha value is -1.88. The summed E-state index contributed by atoms with van der Waals surface area (Å²) < 4.78 is 4.65. The third kappa shape index (κ3) is 3.29. The largest absolute Gasteiger partial charge is 0.508 e. The first-order chi connectivity index (χ1) is 8.25. The summed E-state index contributed by atoms with van der Waals surface area (Å²) in [6.07, 6.45) is 2.05. The van der Waals surface area contributed by atoms with Crippen LogP contribution in [0.2, 0.25) is 0 Å². The monoisotopic (exact) mass is 233 g/mol. The van der Waals surface area contributed by atoms with Gasteiger partial charge in [0.2, 0.25) is 6.39 Å². The highest BCUT2D eigenvalue weighted by atomic mass is 16.5. The molecule has 0 fully saturated rings. The molecule has 1 aromatic carbocycles. The second kappa shape index (κ2) is 5.45. The molecule has 0 spiro atoms. The molecule has 1 unspecified atom stereocenters. The van der Waals surface area contributed by atoms with Crippen LogP contribution in [-0.2, 0) is 6.42 Å². The van der Waals surface area contributed by atoms with E-state index in [1.165, 1.54) is 6.39 Å². The number of nitrogens with one attached hydrogen (secondary N) is 1. The quantitative estimate of drug-likeness (QED) is 0.822. The van der Waals surface area contributed by atoms with Crippen molar-refractivity contribution in [2.75, 3.05) is 6.54 Å². The van der Waals surface area contributed by atoms with Gasteiger partial charge in [0.25, 0.3) is 0 Å². The zero-order valence-electron chi connectivity index (χ0n) is 9.63. The summed E-state index contributed by atoms with van der Waals surface area (Å²) in [6, 6.07) is 7.41. The number of benzene rings is 1. The fraction of sp³-hybridized carbons (Fsp3) is 0.333. The Labute approximate surface area is 99.5 Å². The van der Waals surface area contributed by atoms with Crippen LogP contribution in [0, 0.1) is 0 Å². The number of aromatic hydroxyl groups is 1. The minimum Gasteiger partial charge on any atom is -0.508 e. The second-order valence-corrected chi connectivity index (χ2v) is 3.87. The highest BCUT2D eigenvalue weighted by molar-refractivity contribution is 5.28. The number of aromatic nitrogens is 2. The van der Waals surface area contributed by atoms with Gasteiger partial charge in [0, 0.05) is 19.0 Å². The van der Waals surface area contributed by atoms with Gasteiger partial charge in [-0.1, -0.05) is 17.3 Å². The average molecular weight is 233 g/mol. The van der Waals surface area contributed by atoms with Crippen molar-refractivity contribution in [2.45, 2.75) is 19.4 Å². The minimum atomic E-state index is 0.175. The Bertz CT molecular complexity index is 457. The highest BCUT2D eigenvalue weighted by Gasteiger charge is 2.05. The summed E-state index contributed by atoms with van der Waals surface area (Å²) in [4.78, 5) is 3.94. The SMILES string of the molecule is CC(NCCc1ncon1)c1cccc(O)c1. The predicted octanol–water partition coefficient (Wildman–Crippen LogP) is 1.67. The molecule has 0 aliphatic rings. The van der Waals surface area contributed by atoms with E-state index in [0.717, 1.165) is 18.5 Å². The molecular formula is C12H15N3O2.